The smallest absolute Gasteiger partial charge is 0.392 e. The Morgan fingerprint density at radius 3 is 2.83 bits per heavy atom. The summed E-state index contributed by atoms with van der Waals surface area (Å²) in [4.78, 5) is 23.7. The molecule has 1 atom stereocenters. The molecule has 0 aliphatic rings. The summed E-state index contributed by atoms with van der Waals surface area (Å²) >= 11 is 9.15. The van der Waals surface area contributed by atoms with Crippen molar-refractivity contribution < 1.29 is 19.4 Å². The largest absolute Gasteiger partial charge is 0.414 e. The number of hydrogen-bond donors (Lipinski definition) is 4. The van der Waals surface area contributed by atoms with Crippen LogP contribution in [-0.4, -0.2) is 40.0 Å². The van der Waals surface area contributed by atoms with E-state index in [1.165, 1.54) is 6.92 Å². The highest BCUT2D eigenvalue weighted by Gasteiger charge is 2.18. The second kappa shape index (κ2) is 8.13. The first-order valence-electron chi connectivity index (χ1n) is 6.82. The molecule has 4 N–H and O–H groups in total. The second-order valence-electron chi connectivity index (χ2n) is 4.77. The van der Waals surface area contributed by atoms with Crippen LogP contribution in [0.4, 0.5) is 10.6 Å². The lowest BCUT2D eigenvalue weighted by atomic mass is 10.2. The Balaban J connectivity index is 2.03. The van der Waals surface area contributed by atoms with Gasteiger partial charge in [0, 0.05) is 6.54 Å². The molecule has 0 bridgehead atoms. The van der Waals surface area contributed by atoms with Crippen molar-refractivity contribution in [3.8, 4) is 5.88 Å². The number of carbonyl (C=O) groups excluding carboxylic acids is 2. The number of aromatic amines is 1. The average Bonchev–Trinajstić information content (AvgIpc) is 2.86. The van der Waals surface area contributed by atoms with Crippen LogP contribution in [0, 0.1) is 0 Å². The van der Waals surface area contributed by atoms with E-state index in [1.54, 1.807) is 24.3 Å². The van der Waals surface area contributed by atoms with Crippen molar-refractivity contribution in [3.63, 3.8) is 0 Å². The van der Waals surface area contributed by atoms with Crippen molar-refractivity contribution in [1.82, 2.24) is 15.5 Å². The van der Waals surface area contributed by atoms with Crippen LogP contribution in [0.25, 0.3) is 0 Å². The third kappa shape index (κ3) is 4.70. The van der Waals surface area contributed by atoms with E-state index in [1.807, 2.05) is 0 Å². The van der Waals surface area contributed by atoms with E-state index in [-0.39, 0.29) is 28.3 Å². The van der Waals surface area contributed by atoms with Gasteiger partial charge in [0.1, 0.15) is 10.3 Å². The zero-order valence-corrected chi connectivity index (χ0v) is 14.8. The van der Waals surface area contributed by atoms with Crippen LogP contribution in [0.5, 0.6) is 5.88 Å². The van der Waals surface area contributed by atoms with E-state index in [2.05, 4.69) is 36.8 Å². The minimum Gasteiger partial charge on any atom is -0.392 e. The summed E-state index contributed by atoms with van der Waals surface area (Å²) in [5, 5.41) is 20.6. The summed E-state index contributed by atoms with van der Waals surface area (Å²) in [7, 11) is 0. The third-order valence-electron chi connectivity index (χ3n) is 2.76. The molecular formula is C14H14BrClN4O4. The molecule has 0 spiro atoms. The number of H-pyrrole nitrogens is 1. The molecule has 1 aromatic carbocycles. The maximum atomic E-state index is 12.2. The number of hydrogen-bond acceptors (Lipinski definition) is 5. The Bertz CT molecular complexity index is 750. The molecule has 0 radical (unpaired) electrons. The van der Waals surface area contributed by atoms with Crippen LogP contribution < -0.4 is 15.4 Å². The van der Waals surface area contributed by atoms with Gasteiger partial charge in [0.15, 0.2) is 0 Å². The fourth-order valence-corrected chi connectivity index (χ4v) is 2.22. The lowest BCUT2D eigenvalue weighted by molar-refractivity contribution is 0.102. The molecule has 2 rings (SSSR count). The fourth-order valence-electron chi connectivity index (χ4n) is 1.64. The molecule has 0 fully saturated rings. The third-order valence-corrected chi connectivity index (χ3v) is 3.83. The zero-order valence-electron chi connectivity index (χ0n) is 12.5. The van der Waals surface area contributed by atoms with Gasteiger partial charge in [-0.1, -0.05) is 23.7 Å². The SMILES string of the molecule is CC(O)CNC(=O)Oc1n[nH]c(NC(=O)c2ccccc2Cl)c1Br. The maximum absolute atomic E-state index is 12.2. The van der Waals surface area contributed by atoms with Gasteiger partial charge < -0.3 is 20.5 Å². The average molecular weight is 418 g/mol. The molecule has 2 amide bonds. The molecule has 8 nitrogen and oxygen atoms in total. The zero-order chi connectivity index (χ0) is 17.7. The Morgan fingerprint density at radius 2 is 2.17 bits per heavy atom. The van der Waals surface area contributed by atoms with Crippen molar-refractivity contribution in [3.05, 3.63) is 39.3 Å². The maximum Gasteiger partial charge on any atom is 0.414 e. The monoisotopic (exact) mass is 416 g/mol. The van der Waals surface area contributed by atoms with Gasteiger partial charge in [-0.2, -0.15) is 0 Å². The number of rotatable bonds is 5. The summed E-state index contributed by atoms with van der Waals surface area (Å²) in [6.07, 6.45) is -1.49. The van der Waals surface area contributed by atoms with Crippen LogP contribution in [-0.2, 0) is 0 Å². The molecule has 24 heavy (non-hydrogen) atoms. The molecule has 10 heteroatoms. The van der Waals surface area contributed by atoms with Crippen molar-refractivity contribution in [1.29, 1.82) is 0 Å². The van der Waals surface area contributed by atoms with E-state index in [4.69, 9.17) is 21.4 Å². The number of nitrogens with one attached hydrogen (secondary N) is 3. The number of aliphatic hydroxyl groups excluding tert-OH is 1. The fraction of sp³-hybridized carbons (Fsp3) is 0.214. The first kappa shape index (κ1) is 18.2. The number of amides is 2. The molecular weight excluding hydrogens is 404 g/mol. The number of ether oxygens (including phenoxy) is 1. The van der Waals surface area contributed by atoms with Crippen molar-refractivity contribution in [2.45, 2.75) is 13.0 Å². The molecule has 1 unspecified atom stereocenters. The van der Waals surface area contributed by atoms with Crippen LogP contribution in [0.1, 0.15) is 17.3 Å². The second-order valence-corrected chi connectivity index (χ2v) is 5.97. The minimum atomic E-state index is -0.785. The molecule has 1 heterocycles. The number of anilines is 1. The van der Waals surface area contributed by atoms with Crippen LogP contribution in [0.2, 0.25) is 5.02 Å². The summed E-state index contributed by atoms with van der Waals surface area (Å²) < 4.78 is 5.22. The summed E-state index contributed by atoms with van der Waals surface area (Å²) in [6.45, 7) is 1.56. The molecule has 2 aromatic rings. The first-order valence-corrected chi connectivity index (χ1v) is 7.99. The highest BCUT2D eigenvalue weighted by atomic mass is 79.9. The Morgan fingerprint density at radius 1 is 1.46 bits per heavy atom. The Labute approximate surface area is 150 Å². The number of aliphatic hydroxyl groups is 1. The van der Waals surface area contributed by atoms with Gasteiger partial charge in [-0.25, -0.2) is 4.79 Å². The molecule has 0 saturated carbocycles. The van der Waals surface area contributed by atoms with Gasteiger partial charge in [-0.05, 0) is 35.0 Å². The van der Waals surface area contributed by atoms with E-state index < -0.39 is 18.1 Å². The van der Waals surface area contributed by atoms with Gasteiger partial charge in [0.2, 0.25) is 0 Å². The summed E-state index contributed by atoms with van der Waals surface area (Å²) in [5.41, 5.74) is 0.290. The number of benzene rings is 1. The molecule has 0 aliphatic heterocycles. The van der Waals surface area contributed by atoms with Crippen LogP contribution in [0.3, 0.4) is 0 Å². The van der Waals surface area contributed by atoms with Crippen molar-refractivity contribution in [2.24, 2.45) is 0 Å². The molecule has 1 aromatic heterocycles. The first-order chi connectivity index (χ1) is 11.4. The van der Waals surface area contributed by atoms with Gasteiger partial charge in [-0.15, -0.1) is 5.10 Å². The van der Waals surface area contributed by atoms with Gasteiger partial charge in [-0.3, -0.25) is 9.89 Å². The molecule has 0 saturated heterocycles. The quantitative estimate of drug-likeness (QED) is 0.596. The van der Waals surface area contributed by atoms with E-state index in [9.17, 15) is 9.59 Å². The summed E-state index contributed by atoms with van der Waals surface area (Å²) in [6, 6.07) is 6.56. The topological polar surface area (TPSA) is 116 Å². The predicted molar refractivity (Wildman–Crippen MR) is 91.4 cm³/mol. The number of halogens is 2. The number of aromatic nitrogens is 2. The minimum absolute atomic E-state index is 0.0387. The Hall–Kier alpha value is -2.10. The lowest BCUT2D eigenvalue weighted by Crippen LogP contribution is -2.32. The van der Waals surface area contributed by atoms with Crippen molar-refractivity contribution in [2.75, 3.05) is 11.9 Å². The summed E-state index contributed by atoms with van der Waals surface area (Å²) in [5.74, 6) is -0.305. The standard InChI is InChI=1S/C14H14BrClN4O4/c1-7(21)6-17-14(23)24-13-10(15)11(19-20-13)18-12(22)8-4-2-3-5-9(8)16/h2-5,7,21H,6H2,1H3,(H,17,23)(H2,18,19,20,22). The Kier molecular flexibility index (Phi) is 6.18. The van der Waals surface area contributed by atoms with Gasteiger partial charge in [0.05, 0.1) is 16.7 Å². The molecule has 0 aliphatic carbocycles. The van der Waals surface area contributed by atoms with E-state index in [0.717, 1.165) is 0 Å². The lowest BCUT2D eigenvalue weighted by Gasteiger charge is -2.07. The predicted octanol–water partition coefficient (Wildman–Crippen LogP) is 2.55. The van der Waals surface area contributed by atoms with Gasteiger partial charge >= 0.3 is 6.09 Å². The normalized spacial score (nSPS) is 11.7. The van der Waals surface area contributed by atoms with E-state index in [0.29, 0.717) is 5.02 Å². The van der Waals surface area contributed by atoms with Crippen LogP contribution >= 0.6 is 27.5 Å². The molecule has 128 valence electrons. The highest BCUT2D eigenvalue weighted by Crippen LogP contribution is 2.30. The number of nitrogens with zero attached hydrogens (tertiary/aromatic N) is 1. The highest BCUT2D eigenvalue weighted by molar-refractivity contribution is 9.10. The van der Waals surface area contributed by atoms with Crippen molar-refractivity contribution >= 4 is 45.3 Å². The number of carbonyl (C=O) groups is 2. The van der Waals surface area contributed by atoms with Gasteiger partial charge in [0.25, 0.3) is 11.8 Å². The van der Waals surface area contributed by atoms with E-state index >= 15 is 0 Å². The van der Waals surface area contributed by atoms with Crippen LogP contribution in [0.15, 0.2) is 28.7 Å².